The van der Waals surface area contributed by atoms with E-state index in [0.29, 0.717) is 16.8 Å². The van der Waals surface area contributed by atoms with Gasteiger partial charge in [-0.25, -0.2) is 0 Å². The molecule has 0 aromatic heterocycles. The largest absolute Gasteiger partial charge is 0.510 e. The molecule has 1 saturated carbocycles. The van der Waals surface area contributed by atoms with Crippen molar-refractivity contribution in [3.63, 3.8) is 0 Å². The topological polar surface area (TPSA) is 190 Å². The first kappa shape index (κ1) is 27.7. The summed E-state index contributed by atoms with van der Waals surface area (Å²) in [5.74, 6) is -6.86. The Labute approximate surface area is 240 Å². The van der Waals surface area contributed by atoms with Gasteiger partial charge in [-0.05, 0) is 80.6 Å². The van der Waals surface area contributed by atoms with Crippen LogP contribution >= 0.6 is 0 Å². The highest BCUT2D eigenvalue weighted by atomic mass is 16.3. The molecule has 4 aliphatic carbocycles. The maximum atomic E-state index is 13.9. The van der Waals surface area contributed by atoms with E-state index in [0.717, 1.165) is 18.4 Å². The third-order valence-electron chi connectivity index (χ3n) is 9.02. The molecule has 1 unspecified atom stereocenters. The number of benzene rings is 2. The average molecular weight is 574 g/mol. The fourth-order valence-corrected chi connectivity index (χ4v) is 6.84. The summed E-state index contributed by atoms with van der Waals surface area (Å²) >= 11 is 0. The summed E-state index contributed by atoms with van der Waals surface area (Å²) < 4.78 is 0. The molecule has 0 aliphatic heterocycles. The molecule has 4 aliphatic rings. The zero-order valence-electron chi connectivity index (χ0n) is 23.0. The number of carbonyl (C=O) groups excluding carboxylic acids is 4. The zero-order chi connectivity index (χ0) is 30.2. The van der Waals surface area contributed by atoms with Crippen molar-refractivity contribution in [2.45, 2.75) is 37.3 Å². The number of nitrogens with zero attached hydrogens (tertiary/aromatic N) is 1. The Hall–Kier alpha value is -4.48. The predicted octanol–water partition coefficient (Wildman–Crippen LogP) is 2.14. The molecule has 1 fully saturated rings. The van der Waals surface area contributed by atoms with Crippen LogP contribution < -0.4 is 11.1 Å². The lowest BCUT2D eigenvalue weighted by Gasteiger charge is -2.50. The Morgan fingerprint density at radius 3 is 2.29 bits per heavy atom. The highest BCUT2D eigenvalue weighted by Crippen LogP contribution is 2.53. The number of allylic oxidation sites excluding steroid dienone is 1. The van der Waals surface area contributed by atoms with Crippen molar-refractivity contribution in [1.82, 2.24) is 4.90 Å². The summed E-state index contributed by atoms with van der Waals surface area (Å²) in [7, 11) is 3.17. The van der Waals surface area contributed by atoms with Crippen LogP contribution in [0.1, 0.15) is 35.2 Å². The second-order valence-electron chi connectivity index (χ2n) is 11.8. The van der Waals surface area contributed by atoms with Gasteiger partial charge in [-0.15, -0.1) is 0 Å². The van der Waals surface area contributed by atoms with Crippen LogP contribution in [0.15, 0.2) is 59.1 Å². The molecule has 11 nitrogen and oxygen atoms in total. The van der Waals surface area contributed by atoms with Gasteiger partial charge in [0.2, 0.25) is 11.7 Å². The van der Waals surface area contributed by atoms with Crippen molar-refractivity contribution < 1.29 is 39.6 Å². The highest BCUT2D eigenvalue weighted by molar-refractivity contribution is 6.25. The second kappa shape index (κ2) is 9.53. The van der Waals surface area contributed by atoms with Crippen LogP contribution in [0.4, 0.5) is 5.69 Å². The SMILES string of the molecule is CN(C)C1C(O)=C(C(N)=O)C(=O)[C@]2(O)C(O)=C3C(=O)c4c(O)ccc(-c5ccc(NC(=O)C6CC6)cc5)c4C[C@@H]3C[C@H]12. The molecule has 6 rings (SSSR count). The number of amides is 2. The lowest BCUT2D eigenvalue weighted by molar-refractivity contribution is -0.148. The van der Waals surface area contributed by atoms with E-state index in [1.165, 1.54) is 11.0 Å². The van der Waals surface area contributed by atoms with E-state index in [2.05, 4.69) is 5.32 Å². The Kier molecular flexibility index (Phi) is 6.28. The molecule has 0 radical (unpaired) electrons. The summed E-state index contributed by atoms with van der Waals surface area (Å²) in [6.45, 7) is 0. The lowest BCUT2D eigenvalue weighted by Crippen LogP contribution is -2.63. The number of primary amides is 1. The summed E-state index contributed by atoms with van der Waals surface area (Å²) in [6, 6.07) is 9.13. The molecule has 2 amide bonds. The van der Waals surface area contributed by atoms with Crippen molar-refractivity contribution in [1.29, 1.82) is 0 Å². The number of fused-ring (bicyclic) bond motifs is 3. The van der Waals surface area contributed by atoms with E-state index in [9.17, 15) is 39.6 Å². The molecule has 2 aromatic carbocycles. The van der Waals surface area contributed by atoms with Crippen LogP contribution in [0.3, 0.4) is 0 Å². The van der Waals surface area contributed by atoms with Crippen molar-refractivity contribution >= 4 is 29.1 Å². The number of ketones is 2. The number of hydrogen-bond donors (Lipinski definition) is 6. The summed E-state index contributed by atoms with van der Waals surface area (Å²) in [6.07, 6.45) is 1.95. The van der Waals surface area contributed by atoms with Gasteiger partial charge in [-0.3, -0.25) is 24.1 Å². The van der Waals surface area contributed by atoms with E-state index >= 15 is 0 Å². The normalized spacial score (nSPS) is 27.0. The molecule has 2 aromatic rings. The number of nitrogens with two attached hydrogens (primary N) is 1. The number of rotatable bonds is 5. The van der Waals surface area contributed by atoms with E-state index < -0.39 is 58.0 Å². The number of aliphatic hydroxyl groups is 3. The standard InChI is InChI=1S/C31H31N3O8/c1-34(2)24-19-12-15-11-18-17(13-5-7-16(8-6-13)33-30(41)14-3-4-14)9-10-20(35)22(18)25(36)21(15)27(38)31(19,42)28(39)23(26(24)37)29(32)40/h5-10,14-15,19,24,35,37-38,42H,3-4,11-12H2,1-2H3,(H2,32,40)(H,33,41)/t15-,19-,24?,31-/m1/s1. The van der Waals surface area contributed by atoms with Gasteiger partial charge in [0.05, 0.1) is 11.6 Å². The number of likely N-dealkylation sites (N-methyl/N-ethyl adjacent to an activating group) is 1. The van der Waals surface area contributed by atoms with Gasteiger partial charge >= 0.3 is 0 Å². The van der Waals surface area contributed by atoms with Gasteiger partial charge in [-0.1, -0.05) is 18.2 Å². The molecule has 4 atom stereocenters. The molecule has 0 spiro atoms. The minimum absolute atomic E-state index is 0.00694. The van der Waals surface area contributed by atoms with Crippen molar-refractivity contribution in [3.05, 3.63) is 70.2 Å². The number of nitrogens with one attached hydrogen (secondary N) is 1. The number of aliphatic hydroxyl groups excluding tert-OH is 2. The number of hydrogen-bond acceptors (Lipinski definition) is 9. The van der Waals surface area contributed by atoms with Gasteiger partial charge in [0.25, 0.3) is 5.91 Å². The molecule has 0 bridgehead atoms. The number of Topliss-reactive ketones (excluding diaryl/α,β-unsaturated/α-hetero) is 2. The number of phenolic OH excluding ortho intramolecular Hbond substituents is 1. The number of aromatic hydroxyl groups is 1. The van der Waals surface area contributed by atoms with E-state index in [1.54, 1.807) is 44.4 Å². The van der Waals surface area contributed by atoms with E-state index in [1.807, 2.05) is 0 Å². The van der Waals surface area contributed by atoms with Crippen LogP contribution in [0.2, 0.25) is 0 Å². The summed E-state index contributed by atoms with van der Waals surface area (Å²) in [5, 5.41) is 47.7. The minimum Gasteiger partial charge on any atom is -0.510 e. The van der Waals surface area contributed by atoms with Gasteiger partial charge in [0.1, 0.15) is 22.8 Å². The van der Waals surface area contributed by atoms with Gasteiger partial charge in [0.15, 0.2) is 11.4 Å². The fraction of sp³-hybridized carbons (Fsp3) is 0.355. The van der Waals surface area contributed by atoms with E-state index in [-0.39, 0.29) is 41.6 Å². The molecule has 0 saturated heterocycles. The Morgan fingerprint density at radius 2 is 1.69 bits per heavy atom. The Morgan fingerprint density at radius 1 is 1.02 bits per heavy atom. The first-order chi connectivity index (χ1) is 19.9. The summed E-state index contributed by atoms with van der Waals surface area (Å²) in [4.78, 5) is 53.1. The maximum absolute atomic E-state index is 13.9. The minimum atomic E-state index is -2.68. The number of carbonyl (C=O) groups is 4. The first-order valence-electron chi connectivity index (χ1n) is 13.8. The molecular formula is C31H31N3O8. The third kappa shape index (κ3) is 3.95. The molecule has 218 valence electrons. The average Bonchev–Trinajstić information content (AvgIpc) is 3.77. The molecular weight excluding hydrogens is 542 g/mol. The molecule has 7 N–H and O–H groups in total. The maximum Gasteiger partial charge on any atom is 0.255 e. The van der Waals surface area contributed by atoms with Crippen molar-refractivity contribution in [2.24, 2.45) is 23.5 Å². The van der Waals surface area contributed by atoms with Crippen LogP contribution in [0.25, 0.3) is 11.1 Å². The second-order valence-corrected chi connectivity index (χ2v) is 11.8. The predicted molar refractivity (Wildman–Crippen MR) is 150 cm³/mol. The van der Waals surface area contributed by atoms with Crippen LogP contribution in [-0.4, -0.2) is 74.4 Å². The Balaban J connectivity index is 1.44. The molecule has 11 heteroatoms. The first-order valence-corrected chi connectivity index (χ1v) is 13.8. The highest BCUT2D eigenvalue weighted by Gasteiger charge is 2.63. The Bertz CT molecular complexity index is 1640. The monoisotopic (exact) mass is 573 g/mol. The van der Waals surface area contributed by atoms with Gasteiger partial charge in [-0.2, -0.15) is 0 Å². The smallest absolute Gasteiger partial charge is 0.255 e. The van der Waals surface area contributed by atoms with Gasteiger partial charge < -0.3 is 31.5 Å². The summed E-state index contributed by atoms with van der Waals surface area (Å²) in [5.41, 5.74) is 4.16. The van der Waals surface area contributed by atoms with E-state index in [4.69, 9.17) is 5.73 Å². The third-order valence-corrected chi connectivity index (χ3v) is 9.02. The zero-order valence-corrected chi connectivity index (χ0v) is 23.0. The lowest BCUT2D eigenvalue weighted by atomic mass is 9.58. The molecule has 42 heavy (non-hydrogen) atoms. The van der Waals surface area contributed by atoms with Crippen molar-refractivity contribution in [2.75, 3.05) is 19.4 Å². The number of anilines is 1. The van der Waals surface area contributed by atoms with Crippen molar-refractivity contribution in [3.8, 4) is 16.9 Å². The quantitative estimate of drug-likeness (QED) is 0.291. The fourth-order valence-electron chi connectivity index (χ4n) is 6.84. The van der Waals surface area contributed by atoms with Crippen LogP contribution in [-0.2, 0) is 20.8 Å². The van der Waals surface area contributed by atoms with Crippen LogP contribution in [0.5, 0.6) is 5.75 Å². The van der Waals surface area contributed by atoms with Gasteiger partial charge in [0, 0.05) is 23.1 Å². The number of phenols is 1. The molecule has 0 heterocycles. The van der Waals surface area contributed by atoms with Crippen LogP contribution in [0, 0.1) is 17.8 Å².